The molecule has 0 spiro atoms. The van der Waals surface area contributed by atoms with Crippen molar-refractivity contribution in [2.45, 2.75) is 26.4 Å². The number of nitrogens with one attached hydrogen (secondary N) is 1. The lowest BCUT2D eigenvalue weighted by atomic mass is 9.97. The molecule has 0 radical (unpaired) electrons. The number of carbonyl (C=O) groups is 2. The molecule has 3 rings (SSSR count). The van der Waals surface area contributed by atoms with E-state index in [4.69, 9.17) is 4.74 Å². The molecule has 2 aromatic carbocycles. The van der Waals surface area contributed by atoms with E-state index >= 15 is 0 Å². The SMILES string of the molecule is CC(=O)Nc1ccc(C(=O)N2CCC(COCc3ccccc3)CC2)cc1. The zero-order valence-electron chi connectivity index (χ0n) is 15.7. The Bertz CT molecular complexity index is 751. The maximum atomic E-state index is 12.6. The van der Waals surface area contributed by atoms with Gasteiger partial charge in [-0.1, -0.05) is 30.3 Å². The van der Waals surface area contributed by atoms with E-state index < -0.39 is 0 Å². The van der Waals surface area contributed by atoms with E-state index in [-0.39, 0.29) is 11.8 Å². The van der Waals surface area contributed by atoms with Crippen molar-refractivity contribution in [1.29, 1.82) is 0 Å². The van der Waals surface area contributed by atoms with Crippen LogP contribution in [0.4, 0.5) is 5.69 Å². The summed E-state index contributed by atoms with van der Waals surface area (Å²) in [6.07, 6.45) is 1.93. The number of hydrogen-bond acceptors (Lipinski definition) is 3. The third-order valence-corrected chi connectivity index (χ3v) is 4.82. The van der Waals surface area contributed by atoms with Crippen LogP contribution < -0.4 is 5.32 Å². The maximum Gasteiger partial charge on any atom is 0.253 e. The smallest absolute Gasteiger partial charge is 0.253 e. The number of anilines is 1. The van der Waals surface area contributed by atoms with Gasteiger partial charge in [0, 0.05) is 37.9 Å². The fourth-order valence-electron chi connectivity index (χ4n) is 3.30. The van der Waals surface area contributed by atoms with Crippen LogP contribution in [0.25, 0.3) is 0 Å². The molecular formula is C22H26N2O3. The summed E-state index contributed by atoms with van der Waals surface area (Å²) < 4.78 is 5.85. The van der Waals surface area contributed by atoms with Crippen molar-refractivity contribution in [1.82, 2.24) is 4.90 Å². The predicted octanol–water partition coefficient (Wildman–Crippen LogP) is 3.71. The van der Waals surface area contributed by atoms with E-state index in [0.29, 0.717) is 23.8 Å². The van der Waals surface area contributed by atoms with Gasteiger partial charge in [-0.05, 0) is 48.6 Å². The molecule has 0 aliphatic carbocycles. The number of nitrogens with zero attached hydrogens (tertiary/aromatic N) is 1. The number of carbonyl (C=O) groups excluding carboxylic acids is 2. The Morgan fingerprint density at radius 2 is 1.70 bits per heavy atom. The first kappa shape index (κ1) is 19.1. The highest BCUT2D eigenvalue weighted by Gasteiger charge is 2.23. The standard InChI is InChI=1S/C22H26N2O3/c1-17(25)23-21-9-7-20(8-10-21)22(26)24-13-11-19(12-14-24)16-27-15-18-5-3-2-4-6-18/h2-10,19H,11-16H2,1H3,(H,23,25). The monoisotopic (exact) mass is 366 g/mol. The Morgan fingerprint density at radius 1 is 1.04 bits per heavy atom. The molecule has 1 fully saturated rings. The lowest BCUT2D eigenvalue weighted by Crippen LogP contribution is -2.39. The van der Waals surface area contributed by atoms with E-state index in [0.717, 1.165) is 32.5 Å². The fraction of sp³-hybridized carbons (Fsp3) is 0.364. The Kier molecular flexibility index (Phi) is 6.60. The summed E-state index contributed by atoms with van der Waals surface area (Å²) in [4.78, 5) is 25.6. The van der Waals surface area contributed by atoms with Gasteiger partial charge in [-0.3, -0.25) is 9.59 Å². The molecule has 0 unspecified atom stereocenters. The van der Waals surface area contributed by atoms with Crippen LogP contribution in [0.1, 0.15) is 35.7 Å². The molecule has 1 aliphatic rings. The largest absolute Gasteiger partial charge is 0.376 e. The topological polar surface area (TPSA) is 58.6 Å². The molecule has 2 amide bonds. The van der Waals surface area contributed by atoms with Gasteiger partial charge in [0.2, 0.25) is 5.91 Å². The van der Waals surface area contributed by atoms with Gasteiger partial charge in [-0.25, -0.2) is 0 Å². The summed E-state index contributed by atoms with van der Waals surface area (Å²) >= 11 is 0. The van der Waals surface area contributed by atoms with Gasteiger partial charge in [-0.15, -0.1) is 0 Å². The molecule has 5 nitrogen and oxygen atoms in total. The van der Waals surface area contributed by atoms with Crippen LogP contribution in [0.15, 0.2) is 54.6 Å². The molecule has 27 heavy (non-hydrogen) atoms. The number of amides is 2. The van der Waals surface area contributed by atoms with Crippen LogP contribution in [0.2, 0.25) is 0 Å². The molecule has 5 heteroatoms. The molecule has 0 saturated carbocycles. The quantitative estimate of drug-likeness (QED) is 0.848. The minimum Gasteiger partial charge on any atom is -0.376 e. The van der Waals surface area contributed by atoms with Crippen LogP contribution in [-0.4, -0.2) is 36.4 Å². The van der Waals surface area contributed by atoms with Crippen LogP contribution in [0, 0.1) is 5.92 Å². The van der Waals surface area contributed by atoms with E-state index in [2.05, 4.69) is 17.4 Å². The molecule has 0 aromatic heterocycles. The summed E-state index contributed by atoms with van der Waals surface area (Å²) in [6.45, 7) is 4.35. The van der Waals surface area contributed by atoms with Gasteiger partial charge < -0.3 is 15.0 Å². The summed E-state index contributed by atoms with van der Waals surface area (Å²) in [6, 6.07) is 17.2. The van der Waals surface area contributed by atoms with Gasteiger partial charge >= 0.3 is 0 Å². The van der Waals surface area contributed by atoms with Crippen molar-refractivity contribution in [3.8, 4) is 0 Å². The Balaban J connectivity index is 1.43. The lowest BCUT2D eigenvalue weighted by Gasteiger charge is -2.32. The zero-order chi connectivity index (χ0) is 19.1. The number of hydrogen-bond donors (Lipinski definition) is 1. The Hall–Kier alpha value is -2.66. The van der Waals surface area contributed by atoms with Gasteiger partial charge in [0.25, 0.3) is 5.91 Å². The third-order valence-electron chi connectivity index (χ3n) is 4.82. The highest BCUT2D eigenvalue weighted by atomic mass is 16.5. The van der Waals surface area contributed by atoms with E-state index in [1.54, 1.807) is 24.3 Å². The van der Waals surface area contributed by atoms with Crippen molar-refractivity contribution < 1.29 is 14.3 Å². The van der Waals surface area contributed by atoms with Crippen LogP contribution >= 0.6 is 0 Å². The summed E-state index contributed by atoms with van der Waals surface area (Å²) in [5.74, 6) is 0.429. The number of benzene rings is 2. The Labute approximate surface area is 160 Å². The minimum atomic E-state index is -0.120. The van der Waals surface area contributed by atoms with Crippen molar-refractivity contribution in [2.24, 2.45) is 5.92 Å². The second-order valence-corrected chi connectivity index (χ2v) is 6.99. The van der Waals surface area contributed by atoms with Gasteiger partial charge in [0.1, 0.15) is 0 Å². The van der Waals surface area contributed by atoms with E-state index in [1.165, 1.54) is 12.5 Å². The molecule has 2 aromatic rings. The number of ether oxygens (including phenoxy) is 1. The van der Waals surface area contributed by atoms with Gasteiger partial charge in [0.05, 0.1) is 6.61 Å². The first-order chi connectivity index (χ1) is 13.1. The van der Waals surface area contributed by atoms with Crippen molar-refractivity contribution in [3.63, 3.8) is 0 Å². The summed E-state index contributed by atoms with van der Waals surface area (Å²) in [5, 5.41) is 2.71. The summed E-state index contributed by atoms with van der Waals surface area (Å²) in [7, 11) is 0. The molecule has 1 saturated heterocycles. The molecule has 0 atom stereocenters. The van der Waals surface area contributed by atoms with Gasteiger partial charge in [-0.2, -0.15) is 0 Å². The lowest BCUT2D eigenvalue weighted by molar-refractivity contribution is -0.114. The highest BCUT2D eigenvalue weighted by Crippen LogP contribution is 2.20. The Morgan fingerprint density at radius 3 is 2.33 bits per heavy atom. The average molecular weight is 366 g/mol. The molecule has 142 valence electrons. The third kappa shape index (κ3) is 5.66. The summed E-state index contributed by atoms with van der Waals surface area (Å²) in [5.41, 5.74) is 2.55. The predicted molar refractivity (Wildman–Crippen MR) is 105 cm³/mol. The molecular weight excluding hydrogens is 340 g/mol. The normalized spacial score (nSPS) is 14.8. The minimum absolute atomic E-state index is 0.0491. The first-order valence-corrected chi connectivity index (χ1v) is 9.40. The van der Waals surface area contributed by atoms with E-state index in [1.807, 2.05) is 23.1 Å². The van der Waals surface area contributed by atoms with E-state index in [9.17, 15) is 9.59 Å². The zero-order valence-corrected chi connectivity index (χ0v) is 15.7. The fourth-order valence-corrected chi connectivity index (χ4v) is 3.30. The van der Waals surface area contributed by atoms with Crippen LogP contribution in [-0.2, 0) is 16.1 Å². The molecule has 1 N–H and O–H groups in total. The van der Waals surface area contributed by atoms with Crippen LogP contribution in [0.3, 0.4) is 0 Å². The number of rotatable bonds is 6. The molecule has 1 heterocycles. The maximum absolute atomic E-state index is 12.6. The molecule has 1 aliphatic heterocycles. The second kappa shape index (κ2) is 9.33. The van der Waals surface area contributed by atoms with Crippen LogP contribution in [0.5, 0.6) is 0 Å². The number of likely N-dealkylation sites (tertiary alicyclic amines) is 1. The molecule has 0 bridgehead atoms. The average Bonchev–Trinajstić information content (AvgIpc) is 2.69. The highest BCUT2D eigenvalue weighted by molar-refractivity contribution is 5.95. The van der Waals surface area contributed by atoms with Gasteiger partial charge in [0.15, 0.2) is 0 Å². The van der Waals surface area contributed by atoms with Crippen molar-refractivity contribution in [3.05, 3.63) is 65.7 Å². The number of piperidine rings is 1. The first-order valence-electron chi connectivity index (χ1n) is 9.40. The van der Waals surface area contributed by atoms with Crippen molar-refractivity contribution in [2.75, 3.05) is 25.0 Å². The second-order valence-electron chi connectivity index (χ2n) is 6.99. The van der Waals surface area contributed by atoms with Crippen molar-refractivity contribution >= 4 is 17.5 Å².